The van der Waals surface area contributed by atoms with E-state index in [1.807, 2.05) is 43.9 Å². The lowest BCUT2D eigenvalue weighted by Crippen LogP contribution is -2.81. The fourth-order valence-electron chi connectivity index (χ4n) is 6.01. The third-order valence-electron chi connectivity index (χ3n) is 7.17. The minimum Gasteiger partial charge on any atom is -0.467 e. The van der Waals surface area contributed by atoms with E-state index in [1.165, 1.54) is 12.0 Å². The first-order chi connectivity index (χ1) is 18.0. The summed E-state index contributed by atoms with van der Waals surface area (Å²) >= 11 is 0. The highest BCUT2D eigenvalue weighted by atomic mass is 19.3. The van der Waals surface area contributed by atoms with Crippen LogP contribution >= 0.6 is 0 Å². The molecule has 1 N–H and O–H groups in total. The first-order valence-corrected chi connectivity index (χ1v) is 12.2. The Kier molecular flexibility index (Phi) is 6.50. The van der Waals surface area contributed by atoms with E-state index in [0.717, 1.165) is 0 Å². The number of carbonyl (C=O) groups is 1. The number of aromatic nitrogens is 2. The molecule has 0 saturated carbocycles. The lowest BCUT2D eigenvalue weighted by atomic mass is 9.58. The molecule has 1 amide bonds. The Labute approximate surface area is 218 Å². The van der Waals surface area contributed by atoms with Crippen molar-refractivity contribution in [2.45, 2.75) is 33.4 Å². The van der Waals surface area contributed by atoms with Crippen molar-refractivity contribution in [1.29, 1.82) is 0 Å². The van der Waals surface area contributed by atoms with Gasteiger partial charge in [0.2, 0.25) is 0 Å². The molecule has 1 spiro atoms. The normalized spacial score (nSPS) is 18.4. The van der Waals surface area contributed by atoms with Crippen molar-refractivity contribution >= 4 is 22.7 Å². The van der Waals surface area contributed by atoms with Crippen LogP contribution in [0.3, 0.4) is 0 Å². The molecule has 1 unspecified atom stereocenters. The highest BCUT2D eigenvalue weighted by Crippen LogP contribution is 2.54. The van der Waals surface area contributed by atoms with E-state index in [1.54, 1.807) is 24.3 Å². The topological polar surface area (TPSA) is 97.2 Å². The Bertz CT molecular complexity index is 1360. The number of benzene rings is 2. The molecule has 3 aromatic rings. The molecule has 0 radical (unpaired) electrons. The lowest BCUT2D eigenvalue weighted by molar-refractivity contribution is -0.122. The van der Waals surface area contributed by atoms with Gasteiger partial charge in [-0.25, -0.2) is 4.79 Å². The molecule has 2 aromatic carbocycles. The molecule has 38 heavy (non-hydrogen) atoms. The fourth-order valence-corrected chi connectivity index (χ4v) is 6.01. The van der Waals surface area contributed by atoms with Gasteiger partial charge in [0.05, 0.1) is 22.9 Å². The lowest BCUT2D eigenvalue weighted by Gasteiger charge is -2.68. The highest BCUT2D eigenvalue weighted by molar-refractivity contribution is 5.89. The number of alkyl halides is 2. The van der Waals surface area contributed by atoms with Gasteiger partial charge < -0.3 is 29.1 Å². The maximum atomic E-state index is 13.4. The van der Waals surface area contributed by atoms with Crippen LogP contribution in [0.1, 0.15) is 20.8 Å². The number of methoxy groups -OCH3 is 1. The standard InChI is InChI=1S/C27H30F2N4O5/c1-26(2,3)23-27(14-33(23)25(34)35)12-32(13-27)20-11-18-16(10-22(20)38-24(28)29)9-19(31-30-18)17-7-5-6-8-21(17)37-15-36-4/h5-11,23-24H,12-15H2,1-4H3,(H,34,35). The number of amides is 1. The van der Waals surface area contributed by atoms with Gasteiger partial charge in [0.25, 0.3) is 0 Å². The molecule has 1 atom stereocenters. The second kappa shape index (κ2) is 9.54. The summed E-state index contributed by atoms with van der Waals surface area (Å²) in [5.41, 5.74) is 1.70. The predicted octanol–water partition coefficient (Wildman–Crippen LogP) is 5.10. The van der Waals surface area contributed by atoms with Crippen LogP contribution in [-0.2, 0) is 4.74 Å². The third kappa shape index (κ3) is 4.55. The van der Waals surface area contributed by atoms with Crippen molar-refractivity contribution in [1.82, 2.24) is 15.1 Å². The number of ether oxygens (including phenoxy) is 3. The van der Waals surface area contributed by atoms with Crippen LogP contribution in [0.25, 0.3) is 22.2 Å². The third-order valence-corrected chi connectivity index (χ3v) is 7.17. The van der Waals surface area contributed by atoms with Gasteiger partial charge in [-0.2, -0.15) is 8.78 Å². The van der Waals surface area contributed by atoms with Gasteiger partial charge in [0, 0.05) is 43.1 Å². The number of nitrogens with zero attached hydrogens (tertiary/aromatic N) is 4. The maximum absolute atomic E-state index is 13.4. The molecular formula is C27H30F2N4O5. The number of carboxylic acid groups (broad SMARTS) is 1. The molecule has 2 saturated heterocycles. The molecule has 0 bridgehead atoms. The zero-order valence-electron chi connectivity index (χ0n) is 21.6. The minimum absolute atomic E-state index is 0.0342. The fraction of sp³-hybridized carbons (Fsp3) is 0.444. The SMILES string of the molecule is COCOc1ccccc1-c1cc2cc(OC(F)F)c(N3CC4(C3)CN(C(=O)O)C4C(C)(C)C)cc2nn1. The zero-order chi connectivity index (χ0) is 27.2. The molecule has 3 heterocycles. The molecule has 202 valence electrons. The number of para-hydroxylation sites is 1. The molecule has 2 aliphatic heterocycles. The van der Waals surface area contributed by atoms with E-state index >= 15 is 0 Å². The van der Waals surface area contributed by atoms with Crippen molar-refractivity contribution in [2.24, 2.45) is 10.8 Å². The second-order valence-electron chi connectivity index (χ2n) is 10.9. The average Bonchev–Trinajstić information content (AvgIpc) is 2.79. The summed E-state index contributed by atoms with van der Waals surface area (Å²) in [6.07, 6.45) is -0.943. The quantitative estimate of drug-likeness (QED) is 0.424. The number of halogens is 2. The van der Waals surface area contributed by atoms with Gasteiger partial charge in [-0.15, -0.1) is 10.2 Å². The Morgan fingerprint density at radius 2 is 1.87 bits per heavy atom. The van der Waals surface area contributed by atoms with Crippen LogP contribution < -0.4 is 14.4 Å². The summed E-state index contributed by atoms with van der Waals surface area (Å²) in [5, 5.41) is 18.9. The summed E-state index contributed by atoms with van der Waals surface area (Å²) in [4.78, 5) is 15.1. The number of anilines is 1. The molecule has 9 nitrogen and oxygen atoms in total. The Morgan fingerprint density at radius 1 is 1.13 bits per heavy atom. The average molecular weight is 529 g/mol. The van der Waals surface area contributed by atoms with Crippen molar-refractivity contribution < 1.29 is 32.9 Å². The minimum atomic E-state index is -3.01. The van der Waals surface area contributed by atoms with Crippen molar-refractivity contribution in [2.75, 3.05) is 38.4 Å². The molecule has 2 aliphatic rings. The van der Waals surface area contributed by atoms with Gasteiger partial charge in [0.1, 0.15) is 11.5 Å². The monoisotopic (exact) mass is 528 g/mol. The van der Waals surface area contributed by atoms with Gasteiger partial charge in [-0.3, -0.25) is 0 Å². The summed E-state index contributed by atoms with van der Waals surface area (Å²) in [7, 11) is 1.52. The summed E-state index contributed by atoms with van der Waals surface area (Å²) in [6.45, 7) is 4.57. The van der Waals surface area contributed by atoms with Crippen LogP contribution in [0, 0.1) is 10.8 Å². The van der Waals surface area contributed by atoms with Crippen molar-refractivity contribution in [3.8, 4) is 22.8 Å². The van der Waals surface area contributed by atoms with Crippen LogP contribution in [0.4, 0.5) is 19.3 Å². The first-order valence-electron chi connectivity index (χ1n) is 12.2. The van der Waals surface area contributed by atoms with E-state index in [0.29, 0.717) is 53.2 Å². The Hall–Kier alpha value is -3.73. The smallest absolute Gasteiger partial charge is 0.407 e. The highest BCUT2D eigenvalue weighted by Gasteiger charge is 2.64. The van der Waals surface area contributed by atoms with Crippen LogP contribution in [-0.4, -0.2) is 72.5 Å². The number of likely N-dealkylation sites (tertiary alicyclic amines) is 1. The molecule has 0 aliphatic carbocycles. The van der Waals surface area contributed by atoms with E-state index < -0.39 is 12.7 Å². The Morgan fingerprint density at radius 3 is 2.53 bits per heavy atom. The zero-order valence-corrected chi connectivity index (χ0v) is 21.6. The second-order valence-corrected chi connectivity index (χ2v) is 10.9. The van der Waals surface area contributed by atoms with Crippen LogP contribution in [0.5, 0.6) is 11.5 Å². The van der Waals surface area contributed by atoms with E-state index in [2.05, 4.69) is 10.2 Å². The van der Waals surface area contributed by atoms with Crippen molar-refractivity contribution in [3.63, 3.8) is 0 Å². The number of hydrogen-bond acceptors (Lipinski definition) is 7. The maximum Gasteiger partial charge on any atom is 0.407 e. The van der Waals surface area contributed by atoms with E-state index in [-0.39, 0.29) is 29.4 Å². The van der Waals surface area contributed by atoms with E-state index in [4.69, 9.17) is 14.2 Å². The van der Waals surface area contributed by atoms with Crippen LogP contribution in [0.15, 0.2) is 42.5 Å². The first kappa shape index (κ1) is 25.9. The number of hydrogen-bond donors (Lipinski definition) is 1. The van der Waals surface area contributed by atoms with Gasteiger partial charge >= 0.3 is 12.7 Å². The molecule has 2 fully saturated rings. The van der Waals surface area contributed by atoms with Gasteiger partial charge in [-0.1, -0.05) is 32.9 Å². The van der Waals surface area contributed by atoms with Gasteiger partial charge in [-0.05, 0) is 35.7 Å². The summed E-state index contributed by atoms with van der Waals surface area (Å²) in [6, 6.07) is 12.1. The Balaban J connectivity index is 1.47. The van der Waals surface area contributed by atoms with E-state index in [9.17, 15) is 18.7 Å². The molecule has 5 rings (SSSR count). The molecule has 1 aromatic heterocycles. The molecular weight excluding hydrogens is 498 g/mol. The van der Waals surface area contributed by atoms with Gasteiger partial charge in [0.15, 0.2) is 6.79 Å². The number of fused-ring (bicyclic) bond motifs is 1. The molecule has 11 heteroatoms. The van der Waals surface area contributed by atoms with Crippen molar-refractivity contribution in [3.05, 3.63) is 42.5 Å². The largest absolute Gasteiger partial charge is 0.467 e. The predicted molar refractivity (Wildman–Crippen MR) is 137 cm³/mol. The van der Waals surface area contributed by atoms with Crippen LogP contribution in [0.2, 0.25) is 0 Å². The summed E-state index contributed by atoms with van der Waals surface area (Å²) < 4.78 is 42.4. The summed E-state index contributed by atoms with van der Waals surface area (Å²) in [5.74, 6) is 0.589. The number of rotatable bonds is 7.